The average molecular weight is 497 g/mol. The molecule has 0 radical (unpaired) electrons. The summed E-state index contributed by atoms with van der Waals surface area (Å²) >= 11 is 0. The van der Waals surface area contributed by atoms with E-state index in [0.717, 1.165) is 49.1 Å². The number of rotatable bonds is 6. The summed E-state index contributed by atoms with van der Waals surface area (Å²) < 4.78 is 44.1. The predicted octanol–water partition coefficient (Wildman–Crippen LogP) is 5.64. The number of halogens is 3. The fourth-order valence-electron chi connectivity index (χ4n) is 4.87. The third kappa shape index (κ3) is 5.31. The lowest BCUT2D eigenvalue weighted by Gasteiger charge is -2.32. The highest BCUT2D eigenvalue weighted by Crippen LogP contribution is 2.38. The zero-order chi connectivity index (χ0) is 26.0. The van der Waals surface area contributed by atoms with Crippen LogP contribution in [0.3, 0.4) is 0 Å². The lowest BCUT2D eigenvalue weighted by molar-refractivity contribution is 0.0985. The summed E-state index contributed by atoms with van der Waals surface area (Å²) in [7, 11) is 0. The van der Waals surface area contributed by atoms with Gasteiger partial charge in [-0.3, -0.25) is 14.6 Å². The molecule has 0 unspecified atom stereocenters. The Hall–Kier alpha value is -3.59. The van der Waals surface area contributed by atoms with Gasteiger partial charge in [0.1, 0.15) is 28.8 Å². The first kappa shape index (κ1) is 25.5. The summed E-state index contributed by atoms with van der Waals surface area (Å²) in [6.07, 6.45) is 5.84. The molecule has 3 aromatic rings. The molecular formula is C27H27F3N4O2. The summed E-state index contributed by atoms with van der Waals surface area (Å²) in [6.45, 7) is 3.70. The molecule has 6 nitrogen and oxygen atoms in total. The Morgan fingerprint density at radius 3 is 2.44 bits per heavy atom. The molecule has 1 aliphatic rings. The zero-order valence-electron chi connectivity index (χ0n) is 20.0. The quantitative estimate of drug-likeness (QED) is 0.431. The number of carbonyl (C=O) groups excluding carboxylic acids is 2. The van der Waals surface area contributed by atoms with Crippen molar-refractivity contribution in [2.45, 2.75) is 51.5 Å². The van der Waals surface area contributed by atoms with Crippen LogP contribution in [0.25, 0.3) is 11.3 Å². The molecule has 2 heterocycles. The number of hydrogen-bond acceptors (Lipinski definition) is 5. The lowest BCUT2D eigenvalue weighted by atomic mass is 9.76. The van der Waals surface area contributed by atoms with E-state index >= 15 is 0 Å². The number of ketones is 1. The number of pyridine rings is 2. The molecule has 1 fully saturated rings. The average Bonchev–Trinajstić information content (AvgIpc) is 2.83. The molecular weight excluding hydrogens is 469 g/mol. The minimum absolute atomic E-state index is 0.0561. The molecule has 0 aliphatic heterocycles. The van der Waals surface area contributed by atoms with Crippen molar-refractivity contribution < 1.29 is 22.8 Å². The highest BCUT2D eigenvalue weighted by Gasteiger charge is 2.28. The monoisotopic (exact) mass is 496 g/mol. The van der Waals surface area contributed by atoms with Crippen LogP contribution in [0.1, 0.15) is 71.9 Å². The van der Waals surface area contributed by atoms with Crippen LogP contribution < -0.4 is 11.1 Å². The lowest BCUT2D eigenvalue weighted by Crippen LogP contribution is -2.31. The number of hydrogen-bond donors (Lipinski definition) is 2. The first-order valence-electron chi connectivity index (χ1n) is 11.9. The molecule has 1 aromatic carbocycles. The highest BCUT2D eigenvalue weighted by molar-refractivity contribution is 6.03. The Bertz CT molecular complexity index is 1280. The van der Waals surface area contributed by atoms with E-state index in [1.165, 1.54) is 6.20 Å². The second-order valence-electron chi connectivity index (χ2n) is 9.30. The number of anilines is 1. The molecule has 1 amide bonds. The van der Waals surface area contributed by atoms with Crippen molar-refractivity contribution in [3.63, 3.8) is 0 Å². The van der Waals surface area contributed by atoms with Crippen molar-refractivity contribution in [3.05, 3.63) is 77.0 Å². The number of nitrogens with one attached hydrogen (secondary N) is 1. The predicted molar refractivity (Wildman–Crippen MR) is 130 cm³/mol. The number of amides is 1. The molecule has 0 bridgehead atoms. The zero-order valence-corrected chi connectivity index (χ0v) is 20.0. The SMILES string of the molecule is CCC(=O)c1cc(F)c(-c2nc(C(=O)Nc3cnccc3[C@@H]3C[C@H](C)C[C@@H](N)C3)ccc2F)c(F)c1. The fraction of sp³-hybridized carbons (Fsp3) is 0.333. The van der Waals surface area contributed by atoms with Crippen LogP contribution in [0, 0.1) is 23.4 Å². The Morgan fingerprint density at radius 1 is 1.06 bits per heavy atom. The van der Waals surface area contributed by atoms with Gasteiger partial charge in [-0.15, -0.1) is 0 Å². The maximum atomic E-state index is 14.8. The Kier molecular flexibility index (Phi) is 7.49. The van der Waals surface area contributed by atoms with Crippen molar-refractivity contribution in [2.75, 3.05) is 5.32 Å². The van der Waals surface area contributed by atoms with E-state index < -0.39 is 40.4 Å². The molecule has 3 N–H and O–H groups in total. The van der Waals surface area contributed by atoms with Gasteiger partial charge in [0.25, 0.3) is 5.91 Å². The fourth-order valence-corrected chi connectivity index (χ4v) is 4.87. The number of benzene rings is 1. The number of nitrogens with two attached hydrogens (primary N) is 1. The van der Waals surface area contributed by atoms with Crippen LogP contribution in [0.5, 0.6) is 0 Å². The first-order valence-corrected chi connectivity index (χ1v) is 11.9. The van der Waals surface area contributed by atoms with Crippen LogP contribution in [-0.4, -0.2) is 27.7 Å². The number of aromatic nitrogens is 2. The first-order chi connectivity index (χ1) is 17.2. The van der Waals surface area contributed by atoms with Crippen molar-refractivity contribution >= 4 is 17.4 Å². The molecule has 0 spiro atoms. The van der Waals surface area contributed by atoms with Gasteiger partial charge in [0.15, 0.2) is 5.78 Å². The molecule has 0 saturated heterocycles. The molecule has 188 valence electrons. The maximum absolute atomic E-state index is 14.8. The standard InChI is InChI=1S/C27H27F3N4O2/c1-3-24(35)16-11-20(29)25(21(30)12-16)26-19(28)4-5-22(33-26)27(36)34-23-13-32-7-6-18(23)15-8-14(2)9-17(31)10-15/h4-7,11-15,17H,3,8-10,31H2,1-2H3,(H,34,36)/t14-,15+,17+/m0/s1. The van der Waals surface area contributed by atoms with Gasteiger partial charge in [-0.25, -0.2) is 18.2 Å². The van der Waals surface area contributed by atoms with Gasteiger partial charge in [0, 0.05) is 24.2 Å². The van der Waals surface area contributed by atoms with Gasteiger partial charge < -0.3 is 11.1 Å². The maximum Gasteiger partial charge on any atom is 0.274 e. The van der Waals surface area contributed by atoms with Crippen LogP contribution >= 0.6 is 0 Å². The van der Waals surface area contributed by atoms with Crippen LogP contribution in [0.2, 0.25) is 0 Å². The summed E-state index contributed by atoms with van der Waals surface area (Å²) in [5, 5.41) is 2.75. The van der Waals surface area contributed by atoms with E-state index in [0.29, 0.717) is 11.6 Å². The molecule has 1 saturated carbocycles. The van der Waals surface area contributed by atoms with Crippen molar-refractivity contribution in [2.24, 2.45) is 11.7 Å². The number of carbonyl (C=O) groups is 2. The topological polar surface area (TPSA) is 98.0 Å². The Balaban J connectivity index is 1.65. The van der Waals surface area contributed by atoms with Gasteiger partial charge in [-0.05, 0) is 67.0 Å². The van der Waals surface area contributed by atoms with E-state index in [2.05, 4.69) is 22.2 Å². The van der Waals surface area contributed by atoms with Gasteiger partial charge in [-0.1, -0.05) is 13.8 Å². The van der Waals surface area contributed by atoms with Gasteiger partial charge in [0.05, 0.1) is 17.4 Å². The minimum Gasteiger partial charge on any atom is -0.328 e. The van der Waals surface area contributed by atoms with Crippen molar-refractivity contribution in [1.82, 2.24) is 9.97 Å². The van der Waals surface area contributed by atoms with Gasteiger partial charge >= 0.3 is 0 Å². The molecule has 1 aliphatic carbocycles. The smallest absolute Gasteiger partial charge is 0.274 e. The Morgan fingerprint density at radius 2 is 1.78 bits per heavy atom. The normalized spacial score (nSPS) is 19.7. The largest absolute Gasteiger partial charge is 0.328 e. The van der Waals surface area contributed by atoms with Crippen LogP contribution in [-0.2, 0) is 0 Å². The van der Waals surface area contributed by atoms with E-state index in [1.54, 1.807) is 13.1 Å². The minimum atomic E-state index is -1.15. The molecule has 36 heavy (non-hydrogen) atoms. The van der Waals surface area contributed by atoms with E-state index in [4.69, 9.17) is 5.73 Å². The molecule has 9 heteroatoms. The summed E-state index contributed by atoms with van der Waals surface area (Å²) in [6, 6.07) is 5.63. The van der Waals surface area contributed by atoms with E-state index in [1.807, 2.05) is 6.07 Å². The van der Waals surface area contributed by atoms with Crippen molar-refractivity contribution in [1.29, 1.82) is 0 Å². The molecule has 3 atom stereocenters. The summed E-state index contributed by atoms with van der Waals surface area (Å²) in [5.74, 6) is -3.88. The summed E-state index contributed by atoms with van der Waals surface area (Å²) in [4.78, 5) is 32.9. The second-order valence-corrected chi connectivity index (χ2v) is 9.30. The van der Waals surface area contributed by atoms with Crippen molar-refractivity contribution in [3.8, 4) is 11.3 Å². The van der Waals surface area contributed by atoms with Crippen LogP contribution in [0.4, 0.5) is 18.9 Å². The highest BCUT2D eigenvalue weighted by atomic mass is 19.1. The van der Waals surface area contributed by atoms with Gasteiger partial charge in [-0.2, -0.15) is 0 Å². The van der Waals surface area contributed by atoms with E-state index in [-0.39, 0.29) is 29.6 Å². The Labute approximate surface area is 207 Å². The third-order valence-corrected chi connectivity index (χ3v) is 6.52. The third-order valence-electron chi connectivity index (χ3n) is 6.52. The van der Waals surface area contributed by atoms with Gasteiger partial charge in [0.2, 0.25) is 0 Å². The molecule has 2 aromatic heterocycles. The second kappa shape index (κ2) is 10.6. The molecule has 4 rings (SSSR count). The number of nitrogens with zero attached hydrogens (tertiary/aromatic N) is 2. The van der Waals surface area contributed by atoms with Crippen LogP contribution in [0.15, 0.2) is 42.7 Å². The number of Topliss-reactive ketones (excluding diaryl/α,β-unsaturated/α-hetero) is 1. The summed E-state index contributed by atoms with van der Waals surface area (Å²) in [5.41, 5.74) is 5.77. The van der Waals surface area contributed by atoms with E-state index in [9.17, 15) is 22.8 Å².